The summed E-state index contributed by atoms with van der Waals surface area (Å²) < 4.78 is 0. The van der Waals surface area contributed by atoms with Crippen LogP contribution in [0.1, 0.15) is 41.6 Å². The molecule has 0 aliphatic carbocycles. The first-order valence-corrected chi connectivity index (χ1v) is 9.08. The number of carbonyl (C=O) groups is 3. The van der Waals surface area contributed by atoms with E-state index in [-0.39, 0.29) is 30.1 Å². The number of hydrogen-bond donors (Lipinski definition) is 2. The zero-order chi connectivity index (χ0) is 17.4. The van der Waals surface area contributed by atoms with E-state index in [0.29, 0.717) is 24.1 Å². The molecule has 4 rings (SSSR count). The minimum atomic E-state index is -0.290. The highest BCUT2D eigenvalue weighted by atomic mass is 16.2. The molecule has 0 aromatic heterocycles. The van der Waals surface area contributed by atoms with Crippen molar-refractivity contribution in [3.63, 3.8) is 0 Å². The van der Waals surface area contributed by atoms with Gasteiger partial charge < -0.3 is 10.2 Å². The fourth-order valence-corrected chi connectivity index (χ4v) is 4.30. The van der Waals surface area contributed by atoms with Crippen LogP contribution >= 0.6 is 0 Å². The lowest BCUT2D eigenvalue weighted by Crippen LogP contribution is -2.42. The Balaban J connectivity index is 1.45. The number of imide groups is 1. The lowest BCUT2D eigenvalue weighted by molar-refractivity contribution is -0.125. The van der Waals surface area contributed by atoms with Gasteiger partial charge in [0.05, 0.1) is 5.92 Å². The molecule has 0 spiro atoms. The van der Waals surface area contributed by atoms with E-state index >= 15 is 0 Å². The molecule has 2 bridgehead atoms. The summed E-state index contributed by atoms with van der Waals surface area (Å²) in [6.45, 7) is 1.86. The maximum atomic E-state index is 13.0. The van der Waals surface area contributed by atoms with Gasteiger partial charge in [0.2, 0.25) is 11.8 Å². The molecular weight excluding hydrogens is 318 g/mol. The highest BCUT2D eigenvalue weighted by Crippen LogP contribution is 2.29. The molecule has 3 atom stereocenters. The normalized spacial score (nSPS) is 28.8. The zero-order valence-electron chi connectivity index (χ0n) is 14.2. The van der Waals surface area contributed by atoms with Crippen molar-refractivity contribution in [2.45, 2.75) is 44.2 Å². The third kappa shape index (κ3) is 3.18. The molecule has 2 N–H and O–H groups in total. The Hall–Kier alpha value is -2.21. The minimum absolute atomic E-state index is 0.108. The van der Waals surface area contributed by atoms with Gasteiger partial charge in [0.1, 0.15) is 0 Å². The number of carbonyl (C=O) groups excluding carboxylic acids is 3. The Kier molecular flexibility index (Phi) is 4.29. The van der Waals surface area contributed by atoms with E-state index < -0.39 is 0 Å². The number of nitrogens with zero attached hydrogens (tertiary/aromatic N) is 1. The molecule has 0 saturated carbocycles. The van der Waals surface area contributed by atoms with Crippen molar-refractivity contribution in [3.05, 3.63) is 35.4 Å². The zero-order valence-corrected chi connectivity index (χ0v) is 14.2. The van der Waals surface area contributed by atoms with Gasteiger partial charge in [-0.15, -0.1) is 0 Å². The quantitative estimate of drug-likeness (QED) is 0.800. The molecular formula is C19H23N3O3. The molecule has 3 heterocycles. The summed E-state index contributed by atoms with van der Waals surface area (Å²) in [4.78, 5) is 38.0. The predicted octanol–water partition coefficient (Wildman–Crippen LogP) is 0.858. The first-order valence-electron chi connectivity index (χ1n) is 9.08. The van der Waals surface area contributed by atoms with E-state index in [1.807, 2.05) is 24.3 Å². The minimum Gasteiger partial charge on any atom is -0.331 e. The van der Waals surface area contributed by atoms with Crippen LogP contribution in [-0.4, -0.2) is 47.8 Å². The van der Waals surface area contributed by atoms with Gasteiger partial charge >= 0.3 is 0 Å². The molecule has 1 aromatic carbocycles. The van der Waals surface area contributed by atoms with Crippen molar-refractivity contribution < 1.29 is 14.4 Å². The van der Waals surface area contributed by atoms with E-state index in [1.165, 1.54) is 0 Å². The highest BCUT2D eigenvalue weighted by Gasteiger charge is 2.38. The van der Waals surface area contributed by atoms with Gasteiger partial charge in [-0.3, -0.25) is 19.7 Å². The molecule has 3 amide bonds. The van der Waals surface area contributed by atoms with Gasteiger partial charge in [-0.25, -0.2) is 0 Å². The van der Waals surface area contributed by atoms with Crippen LogP contribution in [0.25, 0.3) is 0 Å². The lowest BCUT2D eigenvalue weighted by Gasteiger charge is -2.28. The summed E-state index contributed by atoms with van der Waals surface area (Å²) in [7, 11) is 0. The average molecular weight is 341 g/mol. The van der Waals surface area contributed by atoms with Crippen molar-refractivity contribution in [1.82, 2.24) is 15.5 Å². The van der Waals surface area contributed by atoms with Crippen molar-refractivity contribution in [2.75, 3.05) is 13.1 Å². The Morgan fingerprint density at radius 3 is 2.56 bits per heavy atom. The van der Waals surface area contributed by atoms with Crippen LogP contribution in [-0.2, 0) is 16.0 Å². The monoisotopic (exact) mass is 341 g/mol. The second-order valence-corrected chi connectivity index (χ2v) is 7.30. The maximum absolute atomic E-state index is 13.0. The fourth-order valence-electron chi connectivity index (χ4n) is 4.30. The van der Waals surface area contributed by atoms with Crippen LogP contribution < -0.4 is 10.6 Å². The topological polar surface area (TPSA) is 78.5 Å². The van der Waals surface area contributed by atoms with Crippen molar-refractivity contribution in [1.29, 1.82) is 0 Å². The summed E-state index contributed by atoms with van der Waals surface area (Å²) in [5.41, 5.74) is 1.68. The summed E-state index contributed by atoms with van der Waals surface area (Å²) in [5.74, 6) is -0.580. The van der Waals surface area contributed by atoms with E-state index in [2.05, 4.69) is 15.5 Å². The molecule has 3 unspecified atom stereocenters. The van der Waals surface area contributed by atoms with E-state index in [4.69, 9.17) is 0 Å². The molecule has 3 fully saturated rings. The number of amides is 3. The van der Waals surface area contributed by atoms with E-state index in [1.54, 1.807) is 0 Å². The van der Waals surface area contributed by atoms with Crippen LogP contribution in [0, 0.1) is 5.92 Å². The number of benzene rings is 1. The highest BCUT2D eigenvalue weighted by molar-refractivity contribution is 6.03. The summed E-state index contributed by atoms with van der Waals surface area (Å²) >= 11 is 0. The molecule has 25 heavy (non-hydrogen) atoms. The second kappa shape index (κ2) is 6.59. The van der Waals surface area contributed by atoms with Gasteiger partial charge in [-0.2, -0.15) is 0 Å². The molecule has 6 heteroatoms. The molecule has 3 aliphatic rings. The van der Waals surface area contributed by atoms with Crippen LogP contribution in [0.4, 0.5) is 0 Å². The van der Waals surface area contributed by atoms with Gasteiger partial charge in [0.15, 0.2) is 0 Å². The SMILES string of the molecule is O=C1CC(Cc2ccc(C(=O)N3C4CCNCC3CC4)cc2)C(=O)N1. The lowest BCUT2D eigenvalue weighted by atomic mass is 9.97. The molecule has 0 radical (unpaired) electrons. The third-order valence-electron chi connectivity index (χ3n) is 5.64. The molecule has 3 saturated heterocycles. The van der Waals surface area contributed by atoms with Crippen LogP contribution in [0.2, 0.25) is 0 Å². The summed E-state index contributed by atoms with van der Waals surface area (Å²) in [6, 6.07) is 8.16. The number of nitrogens with one attached hydrogen (secondary N) is 2. The first-order chi connectivity index (χ1) is 12.1. The smallest absolute Gasteiger partial charge is 0.254 e. The number of hydrogen-bond acceptors (Lipinski definition) is 4. The fraction of sp³-hybridized carbons (Fsp3) is 0.526. The Bertz CT molecular complexity index is 686. The van der Waals surface area contributed by atoms with E-state index in [9.17, 15) is 14.4 Å². The molecule has 1 aromatic rings. The third-order valence-corrected chi connectivity index (χ3v) is 5.64. The van der Waals surface area contributed by atoms with Gasteiger partial charge in [0, 0.05) is 30.6 Å². The summed E-state index contributed by atoms with van der Waals surface area (Å²) in [5, 5.41) is 5.75. The van der Waals surface area contributed by atoms with E-state index in [0.717, 1.165) is 37.9 Å². The second-order valence-electron chi connectivity index (χ2n) is 7.30. The largest absolute Gasteiger partial charge is 0.331 e. The van der Waals surface area contributed by atoms with Crippen molar-refractivity contribution in [3.8, 4) is 0 Å². The molecule has 132 valence electrons. The van der Waals surface area contributed by atoms with Crippen LogP contribution in [0.5, 0.6) is 0 Å². The first kappa shape index (κ1) is 16.3. The number of rotatable bonds is 3. The maximum Gasteiger partial charge on any atom is 0.254 e. The van der Waals surface area contributed by atoms with Crippen molar-refractivity contribution in [2.24, 2.45) is 5.92 Å². The Morgan fingerprint density at radius 2 is 1.84 bits per heavy atom. The molecule has 6 nitrogen and oxygen atoms in total. The number of fused-ring (bicyclic) bond motifs is 2. The van der Waals surface area contributed by atoms with Gasteiger partial charge in [-0.1, -0.05) is 12.1 Å². The standard InChI is InChI=1S/C19H23N3O3/c23-17-10-14(18(24)21-17)9-12-1-3-13(4-2-12)19(25)22-15-5-6-16(22)11-20-8-7-15/h1-4,14-16,20H,5-11H2,(H,21,23,24). The Labute approximate surface area is 147 Å². The van der Waals surface area contributed by atoms with Gasteiger partial charge in [-0.05, 0) is 49.9 Å². The Morgan fingerprint density at radius 1 is 1.08 bits per heavy atom. The average Bonchev–Trinajstić information content (AvgIpc) is 3.04. The summed E-state index contributed by atoms with van der Waals surface area (Å²) in [6.07, 6.45) is 3.98. The van der Waals surface area contributed by atoms with Gasteiger partial charge in [0.25, 0.3) is 5.91 Å². The van der Waals surface area contributed by atoms with Crippen LogP contribution in [0.15, 0.2) is 24.3 Å². The van der Waals surface area contributed by atoms with Crippen LogP contribution in [0.3, 0.4) is 0 Å². The molecule has 3 aliphatic heterocycles. The van der Waals surface area contributed by atoms with Crippen molar-refractivity contribution >= 4 is 17.7 Å². The predicted molar refractivity (Wildman–Crippen MR) is 91.9 cm³/mol.